The van der Waals surface area contributed by atoms with Gasteiger partial charge in [-0.05, 0) is 33.5 Å². The van der Waals surface area contributed by atoms with Gasteiger partial charge in [-0.15, -0.1) is 0 Å². The molecule has 0 aromatic carbocycles. The molecule has 0 rings (SSSR count). The summed E-state index contributed by atoms with van der Waals surface area (Å²) in [6.45, 7) is 8.71. The van der Waals surface area contributed by atoms with E-state index in [0.717, 1.165) is 26.1 Å². The van der Waals surface area contributed by atoms with Crippen LogP contribution in [0.15, 0.2) is 0 Å². The molecule has 11 nitrogen and oxygen atoms in total. The molecule has 0 saturated carbocycles. The van der Waals surface area contributed by atoms with Crippen molar-refractivity contribution in [3.8, 4) is 0 Å². The van der Waals surface area contributed by atoms with E-state index in [1.54, 1.807) is 0 Å². The molecule has 0 aliphatic carbocycles. The fraction of sp³-hybridized carbons (Fsp3) is 0.842. The minimum absolute atomic E-state index is 0.0473. The highest BCUT2D eigenvalue weighted by atomic mass is 16.6. The highest BCUT2D eigenvalue weighted by Gasteiger charge is 2.00. The van der Waals surface area contributed by atoms with Gasteiger partial charge in [0.05, 0.1) is 26.4 Å². The van der Waals surface area contributed by atoms with Gasteiger partial charge in [-0.1, -0.05) is 0 Å². The zero-order chi connectivity index (χ0) is 22.9. The third-order valence-corrected chi connectivity index (χ3v) is 3.30. The van der Waals surface area contributed by atoms with E-state index in [1.165, 1.54) is 13.8 Å². The Morgan fingerprint density at radius 1 is 0.600 bits per heavy atom. The fourth-order valence-electron chi connectivity index (χ4n) is 1.81. The van der Waals surface area contributed by atoms with Crippen molar-refractivity contribution in [1.29, 1.82) is 0 Å². The van der Waals surface area contributed by atoms with Gasteiger partial charge in [0.15, 0.2) is 0 Å². The predicted molar refractivity (Wildman–Crippen MR) is 115 cm³/mol. The van der Waals surface area contributed by atoms with Gasteiger partial charge in [0, 0.05) is 40.0 Å². The van der Waals surface area contributed by atoms with Crippen LogP contribution in [0.3, 0.4) is 0 Å². The van der Waals surface area contributed by atoms with Gasteiger partial charge in [-0.2, -0.15) is 0 Å². The molecule has 0 spiro atoms. The van der Waals surface area contributed by atoms with Gasteiger partial charge in [-0.3, -0.25) is 9.59 Å². The number of hydrogen-bond donors (Lipinski definition) is 5. The van der Waals surface area contributed by atoms with Crippen LogP contribution in [0.4, 0.5) is 4.79 Å². The van der Waals surface area contributed by atoms with Crippen molar-refractivity contribution < 1.29 is 28.6 Å². The summed E-state index contributed by atoms with van der Waals surface area (Å²) in [4.78, 5) is 32.1. The van der Waals surface area contributed by atoms with Crippen LogP contribution in [0, 0.1) is 0 Å². The third-order valence-electron chi connectivity index (χ3n) is 3.30. The first-order valence-corrected chi connectivity index (χ1v) is 10.3. The topological polar surface area (TPSA) is 139 Å². The van der Waals surface area contributed by atoms with Crippen molar-refractivity contribution in [2.45, 2.75) is 26.7 Å². The normalized spacial score (nSPS) is 9.87. The van der Waals surface area contributed by atoms with Gasteiger partial charge in [0.1, 0.15) is 6.61 Å². The highest BCUT2D eigenvalue weighted by molar-refractivity contribution is 5.73. The van der Waals surface area contributed by atoms with Crippen LogP contribution < -0.4 is 26.6 Å². The summed E-state index contributed by atoms with van der Waals surface area (Å²) >= 11 is 0. The Kier molecular flexibility index (Phi) is 25.3. The smallest absolute Gasteiger partial charge is 0.407 e. The Morgan fingerprint density at radius 2 is 1.07 bits per heavy atom. The number of amides is 3. The van der Waals surface area contributed by atoms with Gasteiger partial charge < -0.3 is 40.8 Å². The van der Waals surface area contributed by atoms with Gasteiger partial charge in [0.2, 0.25) is 11.8 Å². The van der Waals surface area contributed by atoms with Crippen molar-refractivity contribution in [3.63, 3.8) is 0 Å². The molecule has 178 valence electrons. The average molecular weight is 436 g/mol. The Hall–Kier alpha value is -1.95. The first-order valence-electron chi connectivity index (χ1n) is 10.3. The average Bonchev–Trinajstić information content (AvgIpc) is 2.70. The summed E-state index contributed by atoms with van der Waals surface area (Å²) in [6, 6.07) is 0. The molecule has 0 aliphatic heterocycles. The lowest BCUT2D eigenvalue weighted by molar-refractivity contribution is -0.119. The second-order valence-electron chi connectivity index (χ2n) is 6.17. The van der Waals surface area contributed by atoms with E-state index in [0.29, 0.717) is 45.9 Å². The van der Waals surface area contributed by atoms with Crippen molar-refractivity contribution in [2.24, 2.45) is 0 Å². The van der Waals surface area contributed by atoms with E-state index in [-0.39, 0.29) is 18.4 Å². The summed E-state index contributed by atoms with van der Waals surface area (Å²) in [5.41, 5.74) is 0. The van der Waals surface area contributed by atoms with E-state index in [2.05, 4.69) is 26.6 Å². The lowest BCUT2D eigenvalue weighted by Crippen LogP contribution is -2.30. The molecule has 3 amide bonds. The monoisotopic (exact) mass is 435 g/mol. The molecule has 30 heavy (non-hydrogen) atoms. The molecule has 5 N–H and O–H groups in total. The zero-order valence-electron chi connectivity index (χ0n) is 18.9. The number of carbonyl (C=O) groups is 3. The molecule has 0 atom stereocenters. The van der Waals surface area contributed by atoms with Crippen LogP contribution in [0.25, 0.3) is 0 Å². The van der Waals surface area contributed by atoms with E-state index in [9.17, 15) is 14.4 Å². The molecule has 11 heteroatoms. The predicted octanol–water partition coefficient (Wildman–Crippen LogP) is -0.777. The largest absolute Gasteiger partial charge is 0.447 e. The molecule has 0 fully saturated rings. The van der Waals surface area contributed by atoms with Crippen LogP contribution in [0.1, 0.15) is 26.7 Å². The second-order valence-corrected chi connectivity index (χ2v) is 6.17. The summed E-state index contributed by atoms with van der Waals surface area (Å²) < 4.78 is 15.4. The van der Waals surface area contributed by atoms with Crippen LogP contribution in [-0.2, 0) is 23.8 Å². The Morgan fingerprint density at radius 3 is 1.60 bits per heavy atom. The van der Waals surface area contributed by atoms with E-state index >= 15 is 0 Å². The number of carbonyl (C=O) groups excluding carboxylic acids is 3. The Balaban J connectivity index is 0. The van der Waals surface area contributed by atoms with Crippen LogP contribution in [0.5, 0.6) is 0 Å². The Labute approximate surface area is 180 Å². The van der Waals surface area contributed by atoms with Crippen LogP contribution >= 0.6 is 0 Å². The summed E-state index contributed by atoms with van der Waals surface area (Å²) in [5.74, 6) is -0.0317. The van der Waals surface area contributed by atoms with Crippen LogP contribution in [0.2, 0.25) is 0 Å². The van der Waals surface area contributed by atoms with Crippen molar-refractivity contribution in [2.75, 3.05) is 79.9 Å². The number of nitrogens with one attached hydrogen (secondary N) is 5. The van der Waals surface area contributed by atoms with Gasteiger partial charge in [0.25, 0.3) is 0 Å². The first-order chi connectivity index (χ1) is 14.4. The SMILES string of the molecule is CNCCCNC(C)=O.CNCCOCCOCCOC(=O)NCCCNC(C)=O. The third kappa shape index (κ3) is 30.8. The number of alkyl carbamates (subject to hydrolysis) is 1. The van der Waals surface area contributed by atoms with E-state index < -0.39 is 6.09 Å². The standard InChI is InChI=1S/C13H27N3O5.C6H14N2O/c1-12(17)15-4-3-5-16-13(18)21-11-10-20-9-8-19-7-6-14-2;1-6(9)8-5-3-4-7-2/h14H,3-11H2,1-2H3,(H,15,17)(H,16,18);7H,3-5H2,1-2H3,(H,8,9). The number of rotatable bonds is 17. The molecular formula is C19H41N5O6. The summed E-state index contributed by atoms with van der Waals surface area (Å²) in [5, 5.41) is 13.9. The lowest BCUT2D eigenvalue weighted by atomic mass is 10.4. The van der Waals surface area contributed by atoms with Gasteiger partial charge >= 0.3 is 6.09 Å². The lowest BCUT2D eigenvalue weighted by Gasteiger charge is -2.08. The van der Waals surface area contributed by atoms with E-state index in [4.69, 9.17) is 14.2 Å². The quantitative estimate of drug-likeness (QED) is 0.188. The number of likely N-dealkylation sites (N-methyl/N-ethyl adjacent to an activating group) is 1. The second kappa shape index (κ2) is 25.1. The van der Waals surface area contributed by atoms with Crippen molar-refractivity contribution >= 4 is 17.9 Å². The molecule has 0 unspecified atom stereocenters. The molecule has 0 radical (unpaired) electrons. The summed E-state index contributed by atoms with van der Waals surface area (Å²) in [6.07, 6.45) is 1.18. The highest BCUT2D eigenvalue weighted by Crippen LogP contribution is 1.83. The maximum Gasteiger partial charge on any atom is 0.407 e. The minimum Gasteiger partial charge on any atom is -0.447 e. The van der Waals surface area contributed by atoms with E-state index in [1.807, 2.05) is 14.1 Å². The molecule has 0 aliphatic rings. The van der Waals surface area contributed by atoms with Crippen molar-refractivity contribution in [3.05, 3.63) is 0 Å². The molecular weight excluding hydrogens is 394 g/mol. The van der Waals surface area contributed by atoms with Crippen LogP contribution in [-0.4, -0.2) is 97.8 Å². The first kappa shape index (κ1) is 30.2. The number of hydrogen-bond acceptors (Lipinski definition) is 8. The summed E-state index contributed by atoms with van der Waals surface area (Å²) in [7, 11) is 3.76. The minimum atomic E-state index is -0.480. The number of ether oxygens (including phenoxy) is 3. The van der Waals surface area contributed by atoms with Crippen molar-refractivity contribution in [1.82, 2.24) is 26.6 Å². The van der Waals surface area contributed by atoms with Gasteiger partial charge in [-0.25, -0.2) is 4.79 Å². The molecule has 0 aromatic rings. The molecule has 0 saturated heterocycles. The molecule has 0 aromatic heterocycles. The molecule has 0 bridgehead atoms. The zero-order valence-corrected chi connectivity index (χ0v) is 18.9. The Bertz CT molecular complexity index is 426. The fourth-order valence-corrected chi connectivity index (χ4v) is 1.81. The maximum atomic E-state index is 11.2. The molecule has 0 heterocycles. The maximum absolute atomic E-state index is 11.2.